The summed E-state index contributed by atoms with van der Waals surface area (Å²) in [5.74, 6) is 1.69. The minimum Gasteiger partial charge on any atom is -0.493 e. The maximum atomic E-state index is 12.6. The Bertz CT molecular complexity index is 1100. The Balaban J connectivity index is 1.93. The number of aromatic nitrogens is 2. The van der Waals surface area contributed by atoms with E-state index in [0.717, 1.165) is 5.56 Å². The molecular formula is C20H21N3O3S. The van der Waals surface area contributed by atoms with Crippen molar-refractivity contribution in [2.24, 2.45) is 11.0 Å². The third kappa shape index (κ3) is 4.25. The van der Waals surface area contributed by atoms with Gasteiger partial charge in [-0.15, -0.1) is 0 Å². The van der Waals surface area contributed by atoms with Crippen molar-refractivity contribution in [3.05, 3.63) is 63.2 Å². The van der Waals surface area contributed by atoms with E-state index < -0.39 is 0 Å². The number of aromatic amines is 1. The van der Waals surface area contributed by atoms with Crippen LogP contribution in [0.1, 0.15) is 19.4 Å². The first-order valence-corrected chi connectivity index (χ1v) is 8.99. The van der Waals surface area contributed by atoms with Gasteiger partial charge in [-0.3, -0.25) is 4.79 Å². The van der Waals surface area contributed by atoms with E-state index in [1.807, 2.05) is 18.2 Å². The van der Waals surface area contributed by atoms with Crippen LogP contribution < -0.4 is 15.0 Å². The van der Waals surface area contributed by atoms with E-state index >= 15 is 0 Å². The van der Waals surface area contributed by atoms with Crippen molar-refractivity contribution in [3.63, 3.8) is 0 Å². The summed E-state index contributed by atoms with van der Waals surface area (Å²) in [5, 5.41) is 4.78. The molecular weight excluding hydrogens is 362 g/mol. The van der Waals surface area contributed by atoms with Gasteiger partial charge in [-0.05, 0) is 54.0 Å². The normalized spacial score (nSPS) is 11.4. The Morgan fingerprint density at radius 2 is 2.00 bits per heavy atom. The molecule has 140 valence electrons. The van der Waals surface area contributed by atoms with Gasteiger partial charge in [0.1, 0.15) is 0 Å². The topological polar surface area (TPSA) is 68.6 Å². The molecule has 6 nitrogen and oxygen atoms in total. The van der Waals surface area contributed by atoms with Gasteiger partial charge in [0.15, 0.2) is 11.5 Å². The zero-order valence-electron chi connectivity index (χ0n) is 15.4. The number of ether oxygens (including phenoxy) is 2. The Kier molecular flexibility index (Phi) is 5.71. The highest BCUT2D eigenvalue weighted by atomic mass is 32.1. The van der Waals surface area contributed by atoms with Crippen LogP contribution in [0.25, 0.3) is 10.9 Å². The SMILES string of the molecule is COc1cc(/C=N\n2c(=S)[nH]c3ccccc3c2=O)ccc1OCC(C)C. The van der Waals surface area contributed by atoms with Gasteiger partial charge in [-0.25, -0.2) is 0 Å². The predicted molar refractivity (Wildman–Crippen MR) is 110 cm³/mol. The Morgan fingerprint density at radius 1 is 1.22 bits per heavy atom. The average molecular weight is 383 g/mol. The van der Waals surface area contributed by atoms with Gasteiger partial charge in [0.05, 0.1) is 30.8 Å². The maximum Gasteiger partial charge on any atom is 0.282 e. The standard InChI is InChI=1S/C20H21N3O3S/c1-13(2)12-26-17-9-8-14(10-18(17)25-3)11-21-23-19(24)15-6-4-5-7-16(15)22-20(23)27/h4-11,13H,12H2,1-3H3,(H,22,27)/b21-11-. The zero-order valence-corrected chi connectivity index (χ0v) is 16.2. The van der Waals surface area contributed by atoms with Crippen molar-refractivity contribution in [2.45, 2.75) is 13.8 Å². The first-order chi connectivity index (χ1) is 13.0. The van der Waals surface area contributed by atoms with Crippen molar-refractivity contribution in [1.82, 2.24) is 9.66 Å². The third-order valence-electron chi connectivity index (χ3n) is 3.87. The quantitative estimate of drug-likeness (QED) is 0.516. The Morgan fingerprint density at radius 3 is 2.74 bits per heavy atom. The molecule has 0 saturated carbocycles. The summed E-state index contributed by atoms with van der Waals surface area (Å²) in [4.78, 5) is 15.6. The van der Waals surface area contributed by atoms with Gasteiger partial charge in [-0.2, -0.15) is 9.78 Å². The molecule has 0 amide bonds. The number of rotatable bonds is 6. The summed E-state index contributed by atoms with van der Waals surface area (Å²) in [7, 11) is 1.59. The average Bonchev–Trinajstić information content (AvgIpc) is 2.66. The molecule has 0 aliphatic carbocycles. The number of nitrogens with zero attached hydrogens (tertiary/aromatic N) is 2. The van der Waals surface area contributed by atoms with Crippen LogP contribution in [0.4, 0.5) is 0 Å². The monoisotopic (exact) mass is 383 g/mol. The number of para-hydroxylation sites is 1. The van der Waals surface area contributed by atoms with Crippen LogP contribution in [0.3, 0.4) is 0 Å². The molecule has 2 aromatic carbocycles. The lowest BCUT2D eigenvalue weighted by atomic mass is 10.2. The van der Waals surface area contributed by atoms with Gasteiger partial charge in [0, 0.05) is 0 Å². The second kappa shape index (κ2) is 8.18. The van der Waals surface area contributed by atoms with Gasteiger partial charge in [-0.1, -0.05) is 26.0 Å². The lowest BCUT2D eigenvalue weighted by molar-refractivity contribution is 0.257. The molecule has 0 unspecified atom stereocenters. The van der Waals surface area contributed by atoms with Crippen molar-refractivity contribution in [3.8, 4) is 11.5 Å². The summed E-state index contributed by atoms with van der Waals surface area (Å²) in [6.45, 7) is 4.77. The molecule has 0 aliphatic heterocycles. The number of hydrogen-bond acceptors (Lipinski definition) is 5. The van der Waals surface area contributed by atoms with Gasteiger partial charge in [0.2, 0.25) is 4.77 Å². The number of benzene rings is 2. The Labute approximate surface area is 162 Å². The Hall–Kier alpha value is -2.93. The summed E-state index contributed by atoms with van der Waals surface area (Å²) >= 11 is 5.26. The minimum atomic E-state index is -0.269. The first-order valence-electron chi connectivity index (χ1n) is 8.59. The molecule has 1 aromatic heterocycles. The number of hydrogen-bond donors (Lipinski definition) is 1. The predicted octanol–water partition coefficient (Wildman–Crippen LogP) is 3.98. The van der Waals surface area contributed by atoms with Crippen LogP contribution >= 0.6 is 12.2 Å². The molecule has 1 heterocycles. The van der Waals surface area contributed by atoms with Crippen LogP contribution in [0.5, 0.6) is 11.5 Å². The molecule has 27 heavy (non-hydrogen) atoms. The second-order valence-electron chi connectivity index (χ2n) is 6.45. The number of methoxy groups -OCH3 is 1. The zero-order chi connectivity index (χ0) is 19.4. The smallest absolute Gasteiger partial charge is 0.282 e. The van der Waals surface area contributed by atoms with Crippen LogP contribution in [-0.4, -0.2) is 29.6 Å². The van der Waals surface area contributed by atoms with Crippen LogP contribution in [-0.2, 0) is 0 Å². The maximum absolute atomic E-state index is 12.6. The summed E-state index contributed by atoms with van der Waals surface area (Å²) in [5.41, 5.74) is 1.18. The summed E-state index contributed by atoms with van der Waals surface area (Å²) < 4.78 is 12.5. The van der Waals surface area contributed by atoms with Gasteiger partial charge >= 0.3 is 0 Å². The third-order valence-corrected chi connectivity index (χ3v) is 4.14. The largest absolute Gasteiger partial charge is 0.493 e. The molecule has 0 saturated heterocycles. The minimum absolute atomic E-state index is 0.235. The molecule has 3 rings (SSSR count). The highest BCUT2D eigenvalue weighted by Gasteiger charge is 2.07. The lowest BCUT2D eigenvalue weighted by Gasteiger charge is -2.12. The molecule has 0 fully saturated rings. The van der Waals surface area contributed by atoms with Gasteiger partial charge in [0.25, 0.3) is 5.56 Å². The fourth-order valence-corrected chi connectivity index (χ4v) is 2.76. The van der Waals surface area contributed by atoms with Crippen molar-refractivity contribution in [1.29, 1.82) is 0 Å². The number of fused-ring (bicyclic) bond motifs is 1. The molecule has 0 radical (unpaired) electrons. The van der Waals surface area contributed by atoms with Crippen molar-refractivity contribution in [2.75, 3.05) is 13.7 Å². The van der Waals surface area contributed by atoms with Crippen molar-refractivity contribution >= 4 is 29.3 Å². The van der Waals surface area contributed by atoms with E-state index in [9.17, 15) is 4.79 Å². The number of nitrogens with one attached hydrogen (secondary N) is 1. The molecule has 7 heteroatoms. The molecule has 1 N–H and O–H groups in total. The molecule has 0 bridgehead atoms. The fraction of sp³-hybridized carbons (Fsp3) is 0.250. The molecule has 0 atom stereocenters. The van der Waals surface area contributed by atoms with E-state index in [0.29, 0.717) is 34.9 Å². The van der Waals surface area contributed by atoms with Gasteiger partial charge < -0.3 is 14.5 Å². The molecule has 3 aromatic rings. The molecule has 0 spiro atoms. The van der Waals surface area contributed by atoms with E-state index in [2.05, 4.69) is 23.9 Å². The molecule has 0 aliphatic rings. The first kappa shape index (κ1) is 18.8. The highest BCUT2D eigenvalue weighted by molar-refractivity contribution is 7.71. The van der Waals surface area contributed by atoms with E-state index in [1.165, 1.54) is 4.68 Å². The fourth-order valence-electron chi connectivity index (χ4n) is 2.52. The summed E-state index contributed by atoms with van der Waals surface area (Å²) in [6.07, 6.45) is 1.56. The second-order valence-corrected chi connectivity index (χ2v) is 6.84. The van der Waals surface area contributed by atoms with Crippen LogP contribution in [0.15, 0.2) is 52.4 Å². The number of H-pyrrole nitrogens is 1. The van der Waals surface area contributed by atoms with E-state index in [4.69, 9.17) is 21.7 Å². The van der Waals surface area contributed by atoms with E-state index in [1.54, 1.807) is 37.6 Å². The van der Waals surface area contributed by atoms with Crippen LogP contribution in [0.2, 0.25) is 0 Å². The van der Waals surface area contributed by atoms with Crippen molar-refractivity contribution < 1.29 is 9.47 Å². The summed E-state index contributed by atoms with van der Waals surface area (Å²) in [6, 6.07) is 12.7. The lowest BCUT2D eigenvalue weighted by Crippen LogP contribution is -2.18. The van der Waals surface area contributed by atoms with Crippen LogP contribution in [0, 0.1) is 10.7 Å². The highest BCUT2D eigenvalue weighted by Crippen LogP contribution is 2.28. The van der Waals surface area contributed by atoms with E-state index in [-0.39, 0.29) is 10.3 Å².